The highest BCUT2D eigenvalue weighted by Crippen LogP contribution is 2.54. The van der Waals surface area contributed by atoms with Crippen molar-refractivity contribution in [3.63, 3.8) is 0 Å². The molecule has 0 spiro atoms. The first-order valence-corrected chi connectivity index (χ1v) is 5.41. The van der Waals surface area contributed by atoms with Gasteiger partial charge >= 0.3 is 0 Å². The molecule has 1 fully saturated rings. The summed E-state index contributed by atoms with van der Waals surface area (Å²) in [5.41, 5.74) is 0.726. The average Bonchev–Trinajstić information content (AvgIpc) is 1.20. The lowest BCUT2D eigenvalue weighted by Crippen LogP contribution is -2.38. The summed E-state index contributed by atoms with van der Waals surface area (Å²) in [7, 11) is 2.90. The molecule has 2 heteroatoms. The Morgan fingerprint density at radius 2 is 1.50 bits per heavy atom. The molecule has 0 radical (unpaired) electrons. The van der Waals surface area contributed by atoms with Crippen LogP contribution in [0.2, 0.25) is 4.66 Å². The summed E-state index contributed by atoms with van der Waals surface area (Å²) in [6, 6.07) is 0. The Labute approximate surface area is 57.9 Å². The van der Waals surface area contributed by atoms with Crippen molar-refractivity contribution in [3.8, 4) is 0 Å². The SMILES string of the molecule is CC1(C)CC([SiH3])([SiH3])C1. The first-order valence-electron chi connectivity index (χ1n) is 3.41. The highest BCUT2D eigenvalue weighted by Gasteiger charge is 2.41. The Balaban J connectivity index is 2.42. The molecule has 0 bridgehead atoms. The van der Waals surface area contributed by atoms with Crippen LogP contribution in [0.4, 0.5) is 0 Å². The normalized spacial score (nSPS) is 32.2. The number of hydrogen-bond acceptors (Lipinski definition) is 0. The fourth-order valence-corrected chi connectivity index (χ4v) is 6.37. The van der Waals surface area contributed by atoms with E-state index in [-0.39, 0.29) is 0 Å². The number of rotatable bonds is 0. The largest absolute Gasteiger partial charge is 0.0599 e. The van der Waals surface area contributed by atoms with Gasteiger partial charge in [-0.1, -0.05) is 18.5 Å². The third-order valence-corrected chi connectivity index (χ3v) is 3.33. The second-order valence-corrected chi connectivity index (χ2v) is 11.5. The lowest BCUT2D eigenvalue weighted by molar-refractivity contribution is 0.167. The van der Waals surface area contributed by atoms with Crippen molar-refractivity contribution >= 4 is 20.5 Å². The van der Waals surface area contributed by atoms with Crippen LogP contribution in [-0.4, -0.2) is 20.5 Å². The summed E-state index contributed by atoms with van der Waals surface area (Å²) in [6.07, 6.45) is 3.05. The van der Waals surface area contributed by atoms with Gasteiger partial charge in [0.15, 0.2) is 0 Å². The van der Waals surface area contributed by atoms with Crippen LogP contribution in [0.3, 0.4) is 0 Å². The van der Waals surface area contributed by atoms with Gasteiger partial charge in [-0.15, -0.1) is 0 Å². The van der Waals surface area contributed by atoms with Gasteiger partial charge in [-0.2, -0.15) is 0 Å². The predicted octanol–water partition coefficient (Wildman–Crippen LogP) is -0.347. The number of hydrogen-bond donors (Lipinski definition) is 0. The molecular formula is C6H16Si2. The molecular weight excluding hydrogens is 128 g/mol. The third-order valence-electron chi connectivity index (χ3n) is 1.91. The van der Waals surface area contributed by atoms with Gasteiger partial charge in [-0.25, -0.2) is 0 Å². The molecule has 0 aromatic rings. The van der Waals surface area contributed by atoms with Crippen molar-refractivity contribution in [1.82, 2.24) is 0 Å². The molecule has 1 aliphatic carbocycles. The highest BCUT2D eigenvalue weighted by molar-refractivity contribution is 6.40. The van der Waals surface area contributed by atoms with Gasteiger partial charge in [-0.3, -0.25) is 0 Å². The van der Waals surface area contributed by atoms with Crippen molar-refractivity contribution in [3.05, 3.63) is 0 Å². The van der Waals surface area contributed by atoms with E-state index >= 15 is 0 Å². The van der Waals surface area contributed by atoms with Gasteiger partial charge in [-0.05, 0) is 18.3 Å². The van der Waals surface area contributed by atoms with Crippen LogP contribution in [-0.2, 0) is 0 Å². The molecule has 0 atom stereocenters. The molecule has 48 valence electrons. The van der Waals surface area contributed by atoms with E-state index in [1.807, 2.05) is 0 Å². The monoisotopic (exact) mass is 144 g/mol. The Kier molecular flexibility index (Phi) is 1.21. The van der Waals surface area contributed by atoms with E-state index in [0.717, 1.165) is 10.1 Å². The van der Waals surface area contributed by atoms with Crippen molar-refractivity contribution in [2.24, 2.45) is 5.41 Å². The Morgan fingerprint density at radius 3 is 1.50 bits per heavy atom. The minimum absolute atomic E-state index is 0.726. The Hall–Kier alpha value is 0.434. The smallest absolute Gasteiger partial charge is 0.00628 e. The molecule has 0 aliphatic heterocycles. The summed E-state index contributed by atoms with van der Waals surface area (Å²) < 4.78 is 0.934. The third kappa shape index (κ3) is 1.23. The van der Waals surface area contributed by atoms with Crippen molar-refractivity contribution in [2.45, 2.75) is 31.4 Å². The van der Waals surface area contributed by atoms with E-state index in [1.165, 1.54) is 33.3 Å². The lowest BCUT2D eigenvalue weighted by atomic mass is 9.71. The van der Waals surface area contributed by atoms with E-state index in [9.17, 15) is 0 Å². The standard InChI is InChI=1S/C6H16Si2/c1-5(2)3-6(7,8)4-5/h3-4H2,1-2,7-8H3. The fourth-order valence-electron chi connectivity index (χ4n) is 2.54. The molecule has 0 unspecified atom stereocenters. The van der Waals surface area contributed by atoms with Gasteiger partial charge in [0.2, 0.25) is 0 Å². The zero-order chi connectivity index (χ0) is 6.41. The van der Waals surface area contributed by atoms with Crippen LogP contribution in [0.15, 0.2) is 0 Å². The molecule has 8 heavy (non-hydrogen) atoms. The lowest BCUT2D eigenvalue weighted by Gasteiger charge is -2.49. The Bertz CT molecular complexity index is 83.1. The minimum atomic E-state index is 0.726. The maximum Gasteiger partial charge on any atom is 0.00628 e. The quantitative estimate of drug-likeness (QED) is 0.408. The summed E-state index contributed by atoms with van der Waals surface area (Å²) in [5, 5.41) is 0. The van der Waals surface area contributed by atoms with Crippen LogP contribution >= 0.6 is 0 Å². The fraction of sp³-hybridized carbons (Fsp3) is 1.00. The average molecular weight is 144 g/mol. The maximum absolute atomic E-state index is 2.39. The predicted molar refractivity (Wildman–Crippen MR) is 45.6 cm³/mol. The van der Waals surface area contributed by atoms with Gasteiger partial charge in [0.25, 0.3) is 0 Å². The first kappa shape index (κ1) is 6.55. The van der Waals surface area contributed by atoms with Crippen LogP contribution in [0.1, 0.15) is 26.7 Å². The zero-order valence-electron chi connectivity index (χ0n) is 6.41. The molecule has 0 nitrogen and oxygen atoms in total. The van der Waals surface area contributed by atoms with Crippen LogP contribution < -0.4 is 0 Å². The second-order valence-electron chi connectivity index (χ2n) is 4.68. The van der Waals surface area contributed by atoms with E-state index < -0.39 is 0 Å². The molecule has 1 aliphatic rings. The molecule has 0 aromatic carbocycles. The molecule has 0 aromatic heterocycles. The van der Waals surface area contributed by atoms with Gasteiger partial charge in [0.1, 0.15) is 0 Å². The maximum atomic E-state index is 2.39. The van der Waals surface area contributed by atoms with Gasteiger partial charge < -0.3 is 0 Å². The van der Waals surface area contributed by atoms with E-state index in [4.69, 9.17) is 0 Å². The molecule has 0 N–H and O–H groups in total. The molecule has 0 heterocycles. The van der Waals surface area contributed by atoms with E-state index in [0.29, 0.717) is 0 Å². The van der Waals surface area contributed by atoms with Gasteiger partial charge in [0.05, 0.1) is 0 Å². The van der Waals surface area contributed by atoms with Crippen molar-refractivity contribution in [2.75, 3.05) is 0 Å². The summed E-state index contributed by atoms with van der Waals surface area (Å²) in [6.45, 7) is 4.78. The molecule has 0 amide bonds. The van der Waals surface area contributed by atoms with E-state index in [1.54, 1.807) is 0 Å². The molecule has 0 saturated heterocycles. The topological polar surface area (TPSA) is 0 Å². The zero-order valence-corrected chi connectivity index (χ0v) is 10.4. The second kappa shape index (κ2) is 1.48. The van der Waals surface area contributed by atoms with Crippen LogP contribution in [0.25, 0.3) is 0 Å². The van der Waals surface area contributed by atoms with Gasteiger partial charge in [0, 0.05) is 20.5 Å². The van der Waals surface area contributed by atoms with Crippen LogP contribution in [0.5, 0.6) is 0 Å². The summed E-state index contributed by atoms with van der Waals surface area (Å²) >= 11 is 0. The van der Waals surface area contributed by atoms with Crippen LogP contribution in [0, 0.1) is 5.41 Å². The Morgan fingerprint density at radius 1 is 1.12 bits per heavy atom. The highest BCUT2D eigenvalue weighted by atomic mass is 28.2. The summed E-state index contributed by atoms with van der Waals surface area (Å²) in [4.78, 5) is 0. The van der Waals surface area contributed by atoms with Crippen molar-refractivity contribution in [1.29, 1.82) is 0 Å². The summed E-state index contributed by atoms with van der Waals surface area (Å²) in [5.74, 6) is 0. The minimum Gasteiger partial charge on any atom is -0.0599 e. The molecule has 1 rings (SSSR count). The van der Waals surface area contributed by atoms with Crippen molar-refractivity contribution < 1.29 is 0 Å². The first-order chi connectivity index (χ1) is 3.41. The molecule has 1 saturated carbocycles. The van der Waals surface area contributed by atoms with E-state index in [2.05, 4.69) is 13.8 Å².